The molecule has 0 unspecified atom stereocenters. The van der Waals surface area contributed by atoms with Crippen LogP contribution in [0.1, 0.15) is 25.6 Å². The number of aromatic nitrogens is 4. The molecule has 1 saturated heterocycles. The third kappa shape index (κ3) is 3.35. The number of anilines is 1. The van der Waals surface area contributed by atoms with Gasteiger partial charge in [0.05, 0.1) is 17.6 Å². The van der Waals surface area contributed by atoms with Crippen LogP contribution in [0.3, 0.4) is 0 Å². The SMILES string of the molecule is CCn1c(CN[C@H]2CCCN(c3cccnn3)C2)nc2ccccc21. The summed E-state index contributed by atoms with van der Waals surface area (Å²) >= 11 is 0. The molecule has 4 rings (SSSR count). The van der Waals surface area contributed by atoms with Crippen molar-refractivity contribution in [2.24, 2.45) is 0 Å². The Kier molecular flexibility index (Phi) is 4.61. The van der Waals surface area contributed by atoms with E-state index in [1.165, 1.54) is 18.4 Å². The number of nitrogens with one attached hydrogen (secondary N) is 1. The summed E-state index contributed by atoms with van der Waals surface area (Å²) in [5.41, 5.74) is 2.29. The highest BCUT2D eigenvalue weighted by Crippen LogP contribution is 2.19. The van der Waals surface area contributed by atoms with Crippen molar-refractivity contribution in [3.05, 3.63) is 48.4 Å². The molecule has 0 radical (unpaired) electrons. The molecule has 1 aliphatic rings. The Labute approximate surface area is 147 Å². The average molecular weight is 336 g/mol. The van der Waals surface area contributed by atoms with Crippen molar-refractivity contribution in [2.45, 2.75) is 38.9 Å². The number of fused-ring (bicyclic) bond motifs is 1. The predicted molar refractivity (Wildman–Crippen MR) is 99.5 cm³/mol. The molecule has 0 saturated carbocycles. The Morgan fingerprint density at radius 3 is 2.96 bits per heavy atom. The summed E-state index contributed by atoms with van der Waals surface area (Å²) in [6.45, 7) is 5.92. The molecule has 1 atom stereocenters. The van der Waals surface area contributed by atoms with Gasteiger partial charge >= 0.3 is 0 Å². The molecule has 2 aromatic heterocycles. The van der Waals surface area contributed by atoms with E-state index in [0.717, 1.165) is 43.3 Å². The van der Waals surface area contributed by atoms with Gasteiger partial charge < -0.3 is 14.8 Å². The number of hydrogen-bond donors (Lipinski definition) is 1. The molecule has 3 aromatic rings. The Morgan fingerprint density at radius 2 is 2.12 bits per heavy atom. The summed E-state index contributed by atoms with van der Waals surface area (Å²) in [5, 5.41) is 11.9. The average Bonchev–Trinajstić information content (AvgIpc) is 3.05. The molecule has 1 fully saturated rings. The van der Waals surface area contributed by atoms with Crippen molar-refractivity contribution < 1.29 is 0 Å². The Morgan fingerprint density at radius 1 is 1.20 bits per heavy atom. The first kappa shape index (κ1) is 16.0. The fourth-order valence-electron chi connectivity index (χ4n) is 3.66. The molecule has 3 heterocycles. The zero-order valence-electron chi connectivity index (χ0n) is 14.6. The number of aryl methyl sites for hydroxylation is 1. The van der Waals surface area contributed by atoms with E-state index >= 15 is 0 Å². The molecular formula is C19H24N6. The minimum absolute atomic E-state index is 0.445. The van der Waals surface area contributed by atoms with Crippen molar-refractivity contribution in [3.8, 4) is 0 Å². The van der Waals surface area contributed by atoms with Crippen LogP contribution in [0.4, 0.5) is 5.82 Å². The predicted octanol–water partition coefficient (Wildman–Crippen LogP) is 2.60. The zero-order valence-corrected chi connectivity index (χ0v) is 14.6. The smallest absolute Gasteiger partial charge is 0.151 e. The van der Waals surface area contributed by atoms with Crippen molar-refractivity contribution in [1.29, 1.82) is 0 Å². The van der Waals surface area contributed by atoms with E-state index in [2.05, 4.69) is 50.1 Å². The van der Waals surface area contributed by atoms with Crippen molar-refractivity contribution in [3.63, 3.8) is 0 Å². The number of para-hydroxylation sites is 2. The number of rotatable bonds is 5. The first-order chi connectivity index (χ1) is 12.3. The molecule has 0 spiro atoms. The molecule has 6 heteroatoms. The number of piperidine rings is 1. The van der Waals surface area contributed by atoms with Crippen LogP contribution in [0.15, 0.2) is 42.6 Å². The lowest BCUT2D eigenvalue weighted by molar-refractivity contribution is 0.412. The Bertz CT molecular complexity index is 828. The van der Waals surface area contributed by atoms with Crippen LogP contribution in [-0.2, 0) is 13.1 Å². The van der Waals surface area contributed by atoms with E-state index in [1.54, 1.807) is 6.20 Å². The topological polar surface area (TPSA) is 58.9 Å². The van der Waals surface area contributed by atoms with Gasteiger partial charge in [-0.15, -0.1) is 5.10 Å². The van der Waals surface area contributed by atoms with Crippen LogP contribution in [0.25, 0.3) is 11.0 Å². The number of imidazole rings is 1. The summed E-state index contributed by atoms with van der Waals surface area (Å²) in [6.07, 6.45) is 4.07. The second-order valence-electron chi connectivity index (χ2n) is 6.51. The lowest BCUT2D eigenvalue weighted by atomic mass is 10.1. The van der Waals surface area contributed by atoms with E-state index in [9.17, 15) is 0 Å². The number of hydrogen-bond acceptors (Lipinski definition) is 5. The maximum absolute atomic E-state index is 4.81. The molecule has 130 valence electrons. The van der Waals surface area contributed by atoms with Gasteiger partial charge in [0.1, 0.15) is 5.82 Å². The van der Waals surface area contributed by atoms with Crippen molar-refractivity contribution in [1.82, 2.24) is 25.1 Å². The van der Waals surface area contributed by atoms with Crippen LogP contribution in [-0.4, -0.2) is 38.9 Å². The summed E-state index contributed by atoms with van der Waals surface area (Å²) in [4.78, 5) is 7.13. The fourth-order valence-corrected chi connectivity index (χ4v) is 3.66. The third-order valence-corrected chi connectivity index (χ3v) is 4.90. The summed E-state index contributed by atoms with van der Waals surface area (Å²) < 4.78 is 2.30. The standard InChI is InChI=1S/C19H24N6/c1-2-25-17-9-4-3-8-16(17)22-19(25)13-20-15-7-6-12-24(14-15)18-10-5-11-21-23-18/h3-5,8-11,15,20H,2,6-7,12-14H2,1H3/t15-/m0/s1. The van der Waals surface area contributed by atoms with Crippen LogP contribution in [0.2, 0.25) is 0 Å². The maximum Gasteiger partial charge on any atom is 0.151 e. The lowest BCUT2D eigenvalue weighted by Crippen LogP contribution is -2.46. The Hall–Kier alpha value is -2.47. The highest BCUT2D eigenvalue weighted by molar-refractivity contribution is 5.75. The molecule has 0 aliphatic carbocycles. The van der Waals surface area contributed by atoms with E-state index in [0.29, 0.717) is 6.04 Å². The van der Waals surface area contributed by atoms with Gasteiger partial charge in [-0.25, -0.2) is 4.98 Å². The van der Waals surface area contributed by atoms with Gasteiger partial charge in [0.25, 0.3) is 0 Å². The summed E-state index contributed by atoms with van der Waals surface area (Å²) in [6, 6.07) is 12.8. The van der Waals surface area contributed by atoms with E-state index in [1.807, 2.05) is 18.2 Å². The molecule has 0 amide bonds. The lowest BCUT2D eigenvalue weighted by Gasteiger charge is -2.33. The zero-order chi connectivity index (χ0) is 17.1. The van der Waals surface area contributed by atoms with Gasteiger partial charge in [0.15, 0.2) is 5.82 Å². The molecule has 1 N–H and O–H groups in total. The minimum Gasteiger partial charge on any atom is -0.354 e. The van der Waals surface area contributed by atoms with Gasteiger partial charge in [-0.05, 0) is 44.0 Å². The van der Waals surface area contributed by atoms with Gasteiger partial charge in [0, 0.05) is 31.9 Å². The fraction of sp³-hybridized carbons (Fsp3) is 0.421. The monoisotopic (exact) mass is 336 g/mol. The first-order valence-electron chi connectivity index (χ1n) is 9.05. The normalized spacial score (nSPS) is 18.0. The van der Waals surface area contributed by atoms with Gasteiger partial charge in [0.2, 0.25) is 0 Å². The summed E-state index contributed by atoms with van der Waals surface area (Å²) in [5.74, 6) is 2.08. The van der Waals surface area contributed by atoms with Gasteiger partial charge in [-0.1, -0.05) is 12.1 Å². The van der Waals surface area contributed by atoms with Crippen LogP contribution < -0.4 is 10.2 Å². The molecule has 1 aromatic carbocycles. The number of benzene rings is 1. The number of nitrogens with zero attached hydrogens (tertiary/aromatic N) is 5. The molecule has 6 nitrogen and oxygen atoms in total. The van der Waals surface area contributed by atoms with E-state index in [4.69, 9.17) is 4.98 Å². The molecule has 25 heavy (non-hydrogen) atoms. The first-order valence-corrected chi connectivity index (χ1v) is 9.05. The largest absolute Gasteiger partial charge is 0.354 e. The molecule has 0 bridgehead atoms. The molecular weight excluding hydrogens is 312 g/mol. The van der Waals surface area contributed by atoms with Gasteiger partial charge in [-0.3, -0.25) is 0 Å². The van der Waals surface area contributed by atoms with Crippen LogP contribution in [0.5, 0.6) is 0 Å². The molecule has 1 aliphatic heterocycles. The van der Waals surface area contributed by atoms with Gasteiger partial charge in [-0.2, -0.15) is 5.10 Å². The minimum atomic E-state index is 0.445. The second-order valence-corrected chi connectivity index (χ2v) is 6.51. The van der Waals surface area contributed by atoms with Crippen molar-refractivity contribution in [2.75, 3.05) is 18.0 Å². The van der Waals surface area contributed by atoms with E-state index in [-0.39, 0.29) is 0 Å². The third-order valence-electron chi connectivity index (χ3n) is 4.90. The van der Waals surface area contributed by atoms with Crippen LogP contribution in [0, 0.1) is 0 Å². The highest BCUT2D eigenvalue weighted by atomic mass is 15.3. The van der Waals surface area contributed by atoms with Crippen molar-refractivity contribution >= 4 is 16.9 Å². The highest BCUT2D eigenvalue weighted by Gasteiger charge is 2.21. The Balaban J connectivity index is 1.44. The maximum atomic E-state index is 4.81. The summed E-state index contributed by atoms with van der Waals surface area (Å²) in [7, 11) is 0. The second kappa shape index (κ2) is 7.19. The van der Waals surface area contributed by atoms with E-state index < -0.39 is 0 Å². The van der Waals surface area contributed by atoms with Crippen LogP contribution >= 0.6 is 0 Å². The quantitative estimate of drug-likeness (QED) is 0.776.